The van der Waals surface area contributed by atoms with Crippen LogP contribution in [0.25, 0.3) is 11.3 Å². The van der Waals surface area contributed by atoms with E-state index in [1.54, 1.807) is 18.2 Å². The van der Waals surface area contributed by atoms with Gasteiger partial charge in [0.15, 0.2) is 0 Å². The Morgan fingerprint density at radius 1 is 1.14 bits per heavy atom. The molecular weight excluding hydrogens is 518 g/mol. The van der Waals surface area contributed by atoms with Crippen molar-refractivity contribution in [1.29, 1.82) is 0 Å². The molecule has 3 aromatic rings. The number of piperidine rings is 1. The predicted molar refractivity (Wildman–Crippen MR) is 128 cm³/mol. The lowest BCUT2D eigenvalue weighted by molar-refractivity contribution is -0.146. The molecule has 2 aliphatic heterocycles. The maximum Gasteiger partial charge on any atom is 0.453 e. The number of likely N-dealkylation sites (tertiary alicyclic amines) is 1. The largest absolute Gasteiger partial charge is 0.496 e. The first-order valence-electron chi connectivity index (χ1n) is 11.2. The van der Waals surface area contributed by atoms with Crippen LogP contribution >= 0.6 is 23.2 Å². The monoisotopic (exact) mass is 539 g/mol. The van der Waals surface area contributed by atoms with Gasteiger partial charge in [-0.2, -0.15) is 17.9 Å². The summed E-state index contributed by atoms with van der Waals surface area (Å²) in [5, 5.41) is 10.9. The summed E-state index contributed by atoms with van der Waals surface area (Å²) >= 11 is 12.2. The van der Waals surface area contributed by atoms with E-state index in [1.165, 1.54) is 13.2 Å². The fourth-order valence-electron chi connectivity index (χ4n) is 4.80. The maximum absolute atomic E-state index is 13.3. The van der Waals surface area contributed by atoms with Crippen molar-refractivity contribution >= 4 is 28.8 Å². The van der Waals surface area contributed by atoms with E-state index in [4.69, 9.17) is 32.7 Å². The van der Waals surface area contributed by atoms with Gasteiger partial charge in [0.2, 0.25) is 0 Å². The molecule has 36 heavy (non-hydrogen) atoms. The number of nitrogens with zero attached hydrogens (tertiary/aromatic N) is 5. The summed E-state index contributed by atoms with van der Waals surface area (Å²) < 4.78 is 52.5. The number of rotatable bonds is 5. The van der Waals surface area contributed by atoms with Crippen LogP contribution in [0.2, 0.25) is 10.0 Å². The summed E-state index contributed by atoms with van der Waals surface area (Å²) in [6, 6.07) is 10.3. The molecule has 0 saturated carbocycles. The van der Waals surface area contributed by atoms with Crippen LogP contribution in [0.1, 0.15) is 29.8 Å². The molecule has 7 nitrogen and oxygen atoms in total. The molecule has 0 amide bonds. The first kappa shape index (κ1) is 25.0. The van der Waals surface area contributed by atoms with Crippen LogP contribution in [0.4, 0.5) is 13.2 Å². The van der Waals surface area contributed by atoms with Crippen LogP contribution < -0.4 is 4.74 Å². The Morgan fingerprint density at radius 3 is 2.72 bits per heavy atom. The van der Waals surface area contributed by atoms with Crippen molar-refractivity contribution < 1.29 is 22.6 Å². The van der Waals surface area contributed by atoms with Crippen molar-refractivity contribution in [3.63, 3.8) is 0 Å². The topological polar surface area (TPSA) is 65.3 Å². The van der Waals surface area contributed by atoms with Gasteiger partial charge in [0.05, 0.1) is 29.4 Å². The van der Waals surface area contributed by atoms with Gasteiger partial charge in [-0.15, -0.1) is 5.10 Å². The third kappa shape index (κ3) is 4.95. The van der Waals surface area contributed by atoms with Gasteiger partial charge in [-0.1, -0.05) is 29.3 Å². The van der Waals surface area contributed by atoms with Crippen molar-refractivity contribution in [2.45, 2.75) is 31.2 Å². The number of aromatic nitrogens is 4. The molecule has 2 aliphatic rings. The van der Waals surface area contributed by atoms with Crippen molar-refractivity contribution in [2.24, 2.45) is 0 Å². The number of benzene rings is 2. The highest BCUT2D eigenvalue weighted by Gasteiger charge is 2.40. The SMILES string of the molecule is COc1ccc(-n2nnnc2C(F)(F)F)cc1C1=CC2(CCCN(Cc3ccc(Cl)c(Cl)c3)C2)OC1. The zero-order valence-electron chi connectivity index (χ0n) is 19.2. The first-order valence-corrected chi connectivity index (χ1v) is 12.0. The number of hydrogen-bond donors (Lipinski definition) is 0. The molecule has 0 aliphatic carbocycles. The molecule has 1 spiro atoms. The second-order valence-electron chi connectivity index (χ2n) is 8.88. The number of hydrogen-bond acceptors (Lipinski definition) is 6. The number of tetrazole rings is 1. The molecule has 3 heterocycles. The van der Waals surface area contributed by atoms with Crippen LogP contribution in [-0.4, -0.2) is 57.5 Å². The molecule has 1 aromatic heterocycles. The summed E-state index contributed by atoms with van der Waals surface area (Å²) in [4.78, 5) is 2.30. The van der Waals surface area contributed by atoms with E-state index in [9.17, 15) is 13.2 Å². The van der Waals surface area contributed by atoms with Gasteiger partial charge in [-0.25, -0.2) is 0 Å². The van der Waals surface area contributed by atoms with Gasteiger partial charge in [-0.05, 0) is 77.4 Å². The Labute approximate surface area is 215 Å². The molecule has 0 N–H and O–H groups in total. The summed E-state index contributed by atoms with van der Waals surface area (Å²) in [6.07, 6.45) is -0.855. The first-order chi connectivity index (χ1) is 17.2. The van der Waals surface area contributed by atoms with Crippen LogP contribution in [0.3, 0.4) is 0 Å². The van der Waals surface area contributed by atoms with Crippen LogP contribution in [0, 0.1) is 0 Å². The van der Waals surface area contributed by atoms with E-state index in [0.29, 0.717) is 45.7 Å². The fraction of sp³-hybridized carbons (Fsp3) is 0.375. The lowest BCUT2D eigenvalue weighted by Gasteiger charge is -2.38. The van der Waals surface area contributed by atoms with Crippen LogP contribution in [-0.2, 0) is 17.5 Å². The van der Waals surface area contributed by atoms with Crippen molar-refractivity contribution in [3.8, 4) is 11.4 Å². The van der Waals surface area contributed by atoms with E-state index in [-0.39, 0.29) is 5.69 Å². The maximum atomic E-state index is 13.3. The molecule has 190 valence electrons. The smallest absolute Gasteiger partial charge is 0.453 e. The van der Waals surface area contributed by atoms with Crippen molar-refractivity contribution in [1.82, 2.24) is 25.1 Å². The minimum Gasteiger partial charge on any atom is -0.496 e. The average Bonchev–Trinajstić information content (AvgIpc) is 3.49. The summed E-state index contributed by atoms with van der Waals surface area (Å²) in [5.41, 5.74) is 2.20. The second kappa shape index (κ2) is 9.66. The number of ether oxygens (including phenoxy) is 2. The predicted octanol–water partition coefficient (Wildman–Crippen LogP) is 5.44. The Bertz CT molecular complexity index is 1310. The van der Waals surface area contributed by atoms with Gasteiger partial charge in [0.25, 0.3) is 5.82 Å². The fourth-order valence-corrected chi connectivity index (χ4v) is 5.12. The second-order valence-corrected chi connectivity index (χ2v) is 9.70. The zero-order valence-corrected chi connectivity index (χ0v) is 20.7. The summed E-state index contributed by atoms with van der Waals surface area (Å²) in [6.45, 7) is 2.59. The highest BCUT2D eigenvalue weighted by Crippen LogP contribution is 2.40. The third-order valence-corrected chi connectivity index (χ3v) is 7.14. The zero-order chi connectivity index (χ0) is 25.5. The number of alkyl halides is 3. The van der Waals surface area contributed by atoms with Gasteiger partial charge < -0.3 is 9.47 Å². The van der Waals surface area contributed by atoms with Crippen molar-refractivity contribution in [3.05, 3.63) is 69.5 Å². The summed E-state index contributed by atoms with van der Waals surface area (Å²) in [7, 11) is 1.52. The minimum atomic E-state index is -4.69. The molecular formula is C24H22Cl2F3N5O2. The van der Waals surface area contributed by atoms with Crippen LogP contribution in [0.15, 0.2) is 42.5 Å². The highest BCUT2D eigenvalue weighted by atomic mass is 35.5. The minimum absolute atomic E-state index is 0.176. The van der Waals surface area contributed by atoms with Gasteiger partial charge >= 0.3 is 6.18 Å². The molecule has 1 saturated heterocycles. The van der Waals surface area contributed by atoms with E-state index >= 15 is 0 Å². The lowest BCUT2D eigenvalue weighted by Crippen LogP contribution is -2.46. The summed E-state index contributed by atoms with van der Waals surface area (Å²) in [5.74, 6) is -0.673. The van der Waals surface area contributed by atoms with E-state index in [2.05, 4.69) is 26.5 Å². The Kier molecular flexibility index (Phi) is 6.71. The quantitative estimate of drug-likeness (QED) is 0.429. The standard InChI is InChI=1S/C24H22Cl2F3N5O2/c1-35-21-6-4-17(34-22(24(27,28)29)30-31-32-34)10-18(21)16-11-23(36-13-16)7-2-8-33(14-23)12-15-3-5-19(25)20(26)9-15/h3-6,9-11H,2,7-8,12-14H2,1H3. The molecule has 0 radical (unpaired) electrons. The normalized spacial score (nSPS) is 20.7. The Balaban J connectivity index is 1.42. The molecule has 1 unspecified atom stereocenters. The Hall–Kier alpha value is -2.66. The van der Waals surface area contributed by atoms with Gasteiger partial charge in [-0.3, -0.25) is 4.90 Å². The van der Waals surface area contributed by atoms with Gasteiger partial charge in [0, 0.05) is 18.7 Å². The van der Waals surface area contributed by atoms with E-state index in [0.717, 1.165) is 30.5 Å². The average molecular weight is 540 g/mol. The highest BCUT2D eigenvalue weighted by molar-refractivity contribution is 6.42. The van der Waals surface area contributed by atoms with E-state index < -0.39 is 17.6 Å². The molecule has 5 rings (SSSR count). The molecule has 0 bridgehead atoms. The van der Waals surface area contributed by atoms with Crippen LogP contribution in [0.5, 0.6) is 5.75 Å². The molecule has 12 heteroatoms. The van der Waals surface area contributed by atoms with Crippen molar-refractivity contribution in [2.75, 3.05) is 26.8 Å². The van der Waals surface area contributed by atoms with Gasteiger partial charge in [0.1, 0.15) is 11.4 Å². The number of halogens is 5. The molecule has 2 aromatic carbocycles. The third-order valence-electron chi connectivity index (χ3n) is 6.40. The lowest BCUT2D eigenvalue weighted by atomic mass is 9.90. The molecule has 1 fully saturated rings. The Morgan fingerprint density at radius 2 is 1.97 bits per heavy atom. The number of methoxy groups -OCH3 is 1. The van der Waals surface area contributed by atoms with E-state index in [1.807, 2.05) is 12.1 Å². The molecule has 1 atom stereocenters.